The molecule has 3 N–H and O–H groups in total. The van der Waals surface area contributed by atoms with Gasteiger partial charge in [0, 0.05) is 12.1 Å². The fraction of sp³-hybridized carbons (Fsp3) is 0.294. The third-order valence-electron chi connectivity index (χ3n) is 3.56. The zero-order chi connectivity index (χ0) is 14.0. The number of nitrogen functional groups attached to an aromatic ring is 1. The molecule has 0 amide bonds. The van der Waals surface area contributed by atoms with Gasteiger partial charge in [-0.25, -0.2) is 0 Å². The minimum Gasteiger partial charge on any atom is -0.399 e. The molecule has 2 aromatic carbocycles. The smallest absolute Gasteiger partial charge is 0.0830 e. The van der Waals surface area contributed by atoms with Crippen LogP contribution in [-0.4, -0.2) is 5.11 Å². The largest absolute Gasteiger partial charge is 0.399 e. The molecule has 0 saturated carbocycles. The lowest BCUT2D eigenvalue weighted by atomic mass is 9.93. The normalized spacial score (nSPS) is 12.4. The Labute approximate surface area is 114 Å². The Kier molecular flexibility index (Phi) is 3.91. The Bertz CT molecular complexity index is 549. The molecular weight excluding hydrogens is 234 g/mol. The predicted molar refractivity (Wildman–Crippen MR) is 80.2 cm³/mol. The highest BCUT2D eigenvalue weighted by atomic mass is 16.3. The Morgan fingerprint density at radius 1 is 1.00 bits per heavy atom. The molecule has 100 valence electrons. The molecule has 0 heterocycles. The van der Waals surface area contributed by atoms with E-state index in [0.717, 1.165) is 11.3 Å². The van der Waals surface area contributed by atoms with E-state index in [4.69, 9.17) is 5.73 Å². The van der Waals surface area contributed by atoms with Crippen LogP contribution in [0, 0.1) is 20.8 Å². The summed E-state index contributed by atoms with van der Waals surface area (Å²) in [7, 11) is 0. The van der Waals surface area contributed by atoms with Crippen molar-refractivity contribution in [3.05, 3.63) is 64.2 Å². The highest BCUT2D eigenvalue weighted by Crippen LogP contribution is 2.24. The van der Waals surface area contributed by atoms with Crippen LogP contribution in [0.15, 0.2) is 36.4 Å². The van der Waals surface area contributed by atoms with Crippen LogP contribution in [0.5, 0.6) is 0 Å². The molecule has 0 aliphatic heterocycles. The van der Waals surface area contributed by atoms with Gasteiger partial charge in [0.05, 0.1) is 6.10 Å². The minimum atomic E-state index is -0.485. The highest BCUT2D eigenvalue weighted by Gasteiger charge is 2.12. The molecule has 0 fully saturated rings. The van der Waals surface area contributed by atoms with Gasteiger partial charge in [-0.3, -0.25) is 0 Å². The average Bonchev–Trinajstić information content (AvgIpc) is 2.34. The highest BCUT2D eigenvalue weighted by molar-refractivity contribution is 5.41. The van der Waals surface area contributed by atoms with Crippen LogP contribution in [0.4, 0.5) is 5.69 Å². The Morgan fingerprint density at radius 2 is 1.53 bits per heavy atom. The summed E-state index contributed by atoms with van der Waals surface area (Å²) in [5.74, 6) is 0. The van der Waals surface area contributed by atoms with E-state index in [0.29, 0.717) is 6.42 Å². The van der Waals surface area contributed by atoms with Gasteiger partial charge in [0.2, 0.25) is 0 Å². The molecule has 0 aromatic heterocycles. The van der Waals surface area contributed by atoms with Crippen LogP contribution in [0.1, 0.15) is 33.9 Å². The predicted octanol–water partition coefficient (Wildman–Crippen LogP) is 3.47. The summed E-state index contributed by atoms with van der Waals surface area (Å²) in [6.07, 6.45) is 0.155. The van der Waals surface area contributed by atoms with E-state index in [2.05, 4.69) is 32.9 Å². The van der Waals surface area contributed by atoms with Gasteiger partial charge in [0.15, 0.2) is 0 Å². The van der Waals surface area contributed by atoms with Crippen molar-refractivity contribution in [2.75, 3.05) is 5.73 Å². The van der Waals surface area contributed by atoms with Crippen molar-refractivity contribution in [3.8, 4) is 0 Å². The number of aliphatic hydroxyl groups is 1. The molecule has 0 spiro atoms. The van der Waals surface area contributed by atoms with Crippen LogP contribution >= 0.6 is 0 Å². The molecular formula is C17H21NO. The van der Waals surface area contributed by atoms with E-state index in [1.807, 2.05) is 24.3 Å². The topological polar surface area (TPSA) is 46.2 Å². The fourth-order valence-electron chi connectivity index (χ4n) is 2.56. The number of aliphatic hydroxyl groups excluding tert-OH is 1. The van der Waals surface area contributed by atoms with Crippen molar-refractivity contribution in [2.45, 2.75) is 33.3 Å². The quantitative estimate of drug-likeness (QED) is 0.825. The third kappa shape index (κ3) is 3.15. The summed E-state index contributed by atoms with van der Waals surface area (Å²) in [4.78, 5) is 0. The first-order chi connectivity index (χ1) is 8.97. The summed E-state index contributed by atoms with van der Waals surface area (Å²) in [6.45, 7) is 6.30. The molecule has 0 aliphatic rings. The number of hydrogen-bond acceptors (Lipinski definition) is 2. The second kappa shape index (κ2) is 5.45. The zero-order valence-electron chi connectivity index (χ0n) is 11.8. The molecule has 0 aliphatic carbocycles. The summed E-state index contributed by atoms with van der Waals surface area (Å²) >= 11 is 0. The van der Waals surface area contributed by atoms with Crippen LogP contribution in [0.2, 0.25) is 0 Å². The van der Waals surface area contributed by atoms with Crippen molar-refractivity contribution in [1.82, 2.24) is 0 Å². The van der Waals surface area contributed by atoms with Gasteiger partial charge in [-0.15, -0.1) is 0 Å². The third-order valence-corrected chi connectivity index (χ3v) is 3.56. The second-order valence-electron chi connectivity index (χ2n) is 5.26. The standard InChI is InChI=1S/C17H21NO/c1-11-8-12(2)16(13(3)9-11)10-17(19)14-4-6-15(18)7-5-14/h4-9,17,19H,10,18H2,1-3H3. The molecule has 2 nitrogen and oxygen atoms in total. The van der Waals surface area contributed by atoms with E-state index < -0.39 is 6.10 Å². The van der Waals surface area contributed by atoms with E-state index in [-0.39, 0.29) is 0 Å². The summed E-state index contributed by atoms with van der Waals surface area (Å²) in [5.41, 5.74) is 12.3. The zero-order valence-corrected chi connectivity index (χ0v) is 11.8. The van der Waals surface area contributed by atoms with Gasteiger partial charge in [0.1, 0.15) is 0 Å². The van der Waals surface area contributed by atoms with Crippen LogP contribution < -0.4 is 5.73 Å². The lowest BCUT2D eigenvalue weighted by molar-refractivity contribution is 0.178. The first-order valence-electron chi connectivity index (χ1n) is 6.57. The molecule has 2 rings (SSSR count). The van der Waals surface area contributed by atoms with E-state index in [9.17, 15) is 5.11 Å². The molecule has 1 unspecified atom stereocenters. The van der Waals surface area contributed by atoms with Crippen molar-refractivity contribution < 1.29 is 5.11 Å². The lowest BCUT2D eigenvalue weighted by Gasteiger charge is -2.16. The number of hydrogen-bond donors (Lipinski definition) is 2. The second-order valence-corrected chi connectivity index (χ2v) is 5.26. The molecule has 0 saturated heterocycles. The van der Waals surface area contributed by atoms with Crippen molar-refractivity contribution in [3.63, 3.8) is 0 Å². The number of nitrogens with two attached hydrogens (primary N) is 1. The monoisotopic (exact) mass is 255 g/mol. The number of rotatable bonds is 3. The lowest BCUT2D eigenvalue weighted by Crippen LogP contribution is -2.05. The summed E-state index contributed by atoms with van der Waals surface area (Å²) < 4.78 is 0. The molecule has 2 aromatic rings. The SMILES string of the molecule is Cc1cc(C)c(CC(O)c2ccc(N)cc2)c(C)c1. The van der Waals surface area contributed by atoms with Crippen molar-refractivity contribution >= 4 is 5.69 Å². The fourth-order valence-corrected chi connectivity index (χ4v) is 2.56. The van der Waals surface area contributed by atoms with Crippen molar-refractivity contribution in [1.29, 1.82) is 0 Å². The van der Waals surface area contributed by atoms with Gasteiger partial charge in [-0.1, -0.05) is 29.8 Å². The Morgan fingerprint density at radius 3 is 2.05 bits per heavy atom. The van der Waals surface area contributed by atoms with Crippen molar-refractivity contribution in [2.24, 2.45) is 0 Å². The van der Waals surface area contributed by atoms with Crippen LogP contribution in [0.25, 0.3) is 0 Å². The van der Waals surface area contributed by atoms with Gasteiger partial charge in [0.25, 0.3) is 0 Å². The number of benzene rings is 2. The molecule has 0 bridgehead atoms. The summed E-state index contributed by atoms with van der Waals surface area (Å²) in [5, 5.41) is 10.3. The maximum absolute atomic E-state index is 10.3. The molecule has 0 radical (unpaired) electrons. The van der Waals surface area contributed by atoms with Gasteiger partial charge in [-0.2, -0.15) is 0 Å². The van der Waals surface area contributed by atoms with E-state index in [1.54, 1.807) is 0 Å². The average molecular weight is 255 g/mol. The van der Waals surface area contributed by atoms with Gasteiger partial charge in [-0.05, 0) is 55.2 Å². The first-order valence-corrected chi connectivity index (χ1v) is 6.57. The summed E-state index contributed by atoms with van der Waals surface area (Å²) in [6, 6.07) is 11.8. The van der Waals surface area contributed by atoms with Crippen LogP contribution in [-0.2, 0) is 6.42 Å². The van der Waals surface area contributed by atoms with E-state index in [1.165, 1.54) is 22.3 Å². The van der Waals surface area contributed by atoms with Gasteiger partial charge < -0.3 is 10.8 Å². The Hall–Kier alpha value is -1.80. The number of aryl methyl sites for hydroxylation is 3. The number of anilines is 1. The minimum absolute atomic E-state index is 0.485. The molecule has 1 atom stereocenters. The maximum Gasteiger partial charge on any atom is 0.0830 e. The Balaban J connectivity index is 2.24. The maximum atomic E-state index is 10.3. The van der Waals surface area contributed by atoms with E-state index >= 15 is 0 Å². The van der Waals surface area contributed by atoms with Gasteiger partial charge >= 0.3 is 0 Å². The first kappa shape index (κ1) is 13.6. The molecule has 19 heavy (non-hydrogen) atoms. The molecule has 2 heteroatoms. The van der Waals surface area contributed by atoms with Crippen LogP contribution in [0.3, 0.4) is 0 Å².